The number of benzene rings is 2. The second-order valence-corrected chi connectivity index (χ2v) is 9.11. The van der Waals surface area contributed by atoms with Crippen LogP contribution in [0.3, 0.4) is 0 Å². The third-order valence-corrected chi connectivity index (χ3v) is 6.82. The van der Waals surface area contributed by atoms with Gasteiger partial charge in [-0.1, -0.05) is 45.7 Å². The Morgan fingerprint density at radius 3 is 2.41 bits per heavy atom. The first-order valence-electron chi connectivity index (χ1n) is 8.24. The van der Waals surface area contributed by atoms with Crippen molar-refractivity contribution >= 4 is 43.5 Å². The minimum atomic E-state index is -3.84. The molecule has 0 aliphatic carbocycles. The molecule has 1 aliphatic heterocycles. The molecule has 5 nitrogen and oxygen atoms in total. The average molecular weight is 471 g/mol. The smallest absolute Gasteiger partial charge is 0.335 e. The molecular formula is C19H17BrClNO4S. The molecule has 0 saturated heterocycles. The summed E-state index contributed by atoms with van der Waals surface area (Å²) < 4.78 is 33.7. The summed E-state index contributed by atoms with van der Waals surface area (Å²) in [5.41, 5.74) is 1.00. The highest BCUT2D eigenvalue weighted by atomic mass is 79.9. The third-order valence-electron chi connectivity index (χ3n) is 4.19. The lowest BCUT2D eigenvalue weighted by Gasteiger charge is -2.26. The molecule has 0 bridgehead atoms. The van der Waals surface area contributed by atoms with Gasteiger partial charge in [-0.3, -0.25) is 0 Å². The van der Waals surface area contributed by atoms with Gasteiger partial charge in [-0.15, -0.1) is 0 Å². The maximum Gasteiger partial charge on any atom is 0.335 e. The first-order chi connectivity index (χ1) is 12.8. The van der Waals surface area contributed by atoms with Gasteiger partial charge in [-0.2, -0.15) is 4.31 Å². The van der Waals surface area contributed by atoms with Crippen molar-refractivity contribution < 1.29 is 17.9 Å². The van der Waals surface area contributed by atoms with Crippen molar-refractivity contribution in [3.63, 3.8) is 0 Å². The van der Waals surface area contributed by atoms with Crippen LogP contribution in [-0.2, 0) is 19.6 Å². The summed E-state index contributed by atoms with van der Waals surface area (Å²) in [6.07, 6.45) is 1.61. The van der Waals surface area contributed by atoms with E-state index in [1.54, 1.807) is 25.1 Å². The molecule has 2 aromatic carbocycles. The Hall–Kier alpha value is -1.67. The number of ether oxygens (including phenoxy) is 1. The van der Waals surface area contributed by atoms with Gasteiger partial charge in [0.25, 0.3) is 0 Å². The van der Waals surface area contributed by atoms with E-state index in [0.29, 0.717) is 16.2 Å². The highest BCUT2D eigenvalue weighted by Gasteiger charge is 2.40. The summed E-state index contributed by atoms with van der Waals surface area (Å²) >= 11 is 9.25. The van der Waals surface area contributed by atoms with Crippen molar-refractivity contribution in [1.29, 1.82) is 0 Å². The third kappa shape index (κ3) is 4.11. The SMILES string of the molecule is CCOC(=O)C1=CCN(S(=O)(=O)c2ccc(Cl)cc2)C1c1ccc(Br)cc1. The minimum Gasteiger partial charge on any atom is -0.463 e. The number of esters is 1. The Morgan fingerprint density at radius 2 is 1.81 bits per heavy atom. The van der Waals surface area contributed by atoms with Gasteiger partial charge in [-0.25, -0.2) is 13.2 Å². The molecule has 0 spiro atoms. The second kappa shape index (κ2) is 8.14. The van der Waals surface area contributed by atoms with Crippen molar-refractivity contribution in [3.05, 3.63) is 75.2 Å². The highest BCUT2D eigenvalue weighted by Crippen LogP contribution is 2.38. The Morgan fingerprint density at radius 1 is 1.19 bits per heavy atom. The molecule has 0 saturated carbocycles. The summed E-state index contributed by atoms with van der Waals surface area (Å²) in [6, 6.07) is 12.4. The number of hydrogen-bond donors (Lipinski definition) is 0. The zero-order valence-corrected chi connectivity index (χ0v) is 17.6. The fourth-order valence-corrected chi connectivity index (χ4v) is 4.86. The van der Waals surface area contributed by atoms with Crippen LogP contribution in [0.2, 0.25) is 5.02 Å². The van der Waals surface area contributed by atoms with Gasteiger partial charge in [0.15, 0.2) is 0 Å². The molecule has 0 aromatic heterocycles. The van der Waals surface area contributed by atoms with Gasteiger partial charge < -0.3 is 4.74 Å². The molecule has 1 heterocycles. The number of rotatable bonds is 5. The van der Waals surface area contributed by atoms with E-state index in [1.807, 2.05) is 12.1 Å². The number of carbonyl (C=O) groups is 1. The van der Waals surface area contributed by atoms with E-state index in [2.05, 4.69) is 15.9 Å². The standard InChI is InChI=1S/C19H17BrClNO4S/c1-2-26-19(23)17-11-12-22(18(17)13-3-5-14(20)6-4-13)27(24,25)16-9-7-15(21)8-10-16/h3-11,18H,2,12H2,1H3. The predicted octanol–water partition coefficient (Wildman–Crippen LogP) is 4.34. The number of halogens is 2. The van der Waals surface area contributed by atoms with Crippen molar-refractivity contribution in [2.75, 3.05) is 13.2 Å². The van der Waals surface area contributed by atoms with Crippen LogP contribution >= 0.6 is 27.5 Å². The van der Waals surface area contributed by atoms with E-state index in [0.717, 1.165) is 4.47 Å². The van der Waals surface area contributed by atoms with Gasteiger partial charge in [0.2, 0.25) is 10.0 Å². The van der Waals surface area contributed by atoms with Crippen molar-refractivity contribution in [2.45, 2.75) is 17.9 Å². The minimum absolute atomic E-state index is 0.0832. The quantitative estimate of drug-likeness (QED) is 0.610. The molecule has 3 rings (SSSR count). The Balaban J connectivity index is 2.05. The predicted molar refractivity (Wildman–Crippen MR) is 107 cm³/mol. The second-order valence-electron chi connectivity index (χ2n) is 5.86. The fourth-order valence-electron chi connectivity index (χ4n) is 2.94. The molecule has 1 unspecified atom stereocenters. The van der Waals surface area contributed by atoms with Crippen LogP contribution in [0.5, 0.6) is 0 Å². The van der Waals surface area contributed by atoms with E-state index in [9.17, 15) is 13.2 Å². The summed E-state index contributed by atoms with van der Waals surface area (Å²) in [4.78, 5) is 12.5. The number of sulfonamides is 1. The average Bonchev–Trinajstić information content (AvgIpc) is 3.09. The first kappa shape index (κ1) is 20.1. The monoisotopic (exact) mass is 469 g/mol. The molecule has 27 heavy (non-hydrogen) atoms. The number of nitrogens with zero attached hydrogens (tertiary/aromatic N) is 1. The summed E-state index contributed by atoms with van der Waals surface area (Å²) in [5, 5.41) is 0.449. The topological polar surface area (TPSA) is 63.7 Å². The van der Waals surface area contributed by atoms with E-state index < -0.39 is 22.0 Å². The molecule has 1 atom stereocenters. The van der Waals surface area contributed by atoms with Gasteiger partial charge in [-0.05, 0) is 48.9 Å². The lowest BCUT2D eigenvalue weighted by Crippen LogP contribution is -2.33. The normalized spacial score (nSPS) is 17.6. The van der Waals surface area contributed by atoms with Crippen LogP contribution in [0.1, 0.15) is 18.5 Å². The molecule has 0 fully saturated rings. The lowest BCUT2D eigenvalue weighted by molar-refractivity contribution is -0.138. The molecule has 2 aromatic rings. The van der Waals surface area contributed by atoms with Crippen LogP contribution in [0.15, 0.2) is 69.5 Å². The molecule has 8 heteroatoms. The largest absolute Gasteiger partial charge is 0.463 e. The Kier molecular flexibility index (Phi) is 6.05. The zero-order valence-electron chi connectivity index (χ0n) is 14.4. The molecule has 0 N–H and O–H groups in total. The highest BCUT2D eigenvalue weighted by molar-refractivity contribution is 9.10. The molecule has 1 aliphatic rings. The van der Waals surface area contributed by atoms with E-state index >= 15 is 0 Å². The molecular weight excluding hydrogens is 454 g/mol. The lowest BCUT2D eigenvalue weighted by atomic mass is 10.0. The van der Waals surface area contributed by atoms with Gasteiger partial charge in [0.1, 0.15) is 0 Å². The fraction of sp³-hybridized carbons (Fsp3) is 0.211. The van der Waals surface area contributed by atoms with E-state index in [1.165, 1.54) is 28.6 Å². The molecule has 0 amide bonds. The van der Waals surface area contributed by atoms with Crippen LogP contribution in [0.25, 0.3) is 0 Å². The number of hydrogen-bond acceptors (Lipinski definition) is 4. The summed E-state index contributed by atoms with van der Waals surface area (Å²) in [5.74, 6) is -0.515. The van der Waals surface area contributed by atoms with E-state index in [4.69, 9.17) is 16.3 Å². The van der Waals surface area contributed by atoms with Crippen molar-refractivity contribution in [1.82, 2.24) is 4.31 Å². The molecule has 0 radical (unpaired) electrons. The van der Waals surface area contributed by atoms with Gasteiger partial charge >= 0.3 is 5.97 Å². The first-order valence-corrected chi connectivity index (χ1v) is 10.9. The van der Waals surface area contributed by atoms with Crippen LogP contribution in [0, 0.1) is 0 Å². The van der Waals surface area contributed by atoms with Gasteiger partial charge in [0.05, 0.1) is 23.1 Å². The van der Waals surface area contributed by atoms with Crippen LogP contribution in [-0.4, -0.2) is 31.8 Å². The van der Waals surface area contributed by atoms with Crippen molar-refractivity contribution in [2.24, 2.45) is 0 Å². The maximum absolute atomic E-state index is 13.2. The van der Waals surface area contributed by atoms with Crippen LogP contribution in [0.4, 0.5) is 0 Å². The maximum atomic E-state index is 13.2. The van der Waals surface area contributed by atoms with Crippen molar-refractivity contribution in [3.8, 4) is 0 Å². The number of carbonyl (C=O) groups excluding carboxylic acids is 1. The van der Waals surface area contributed by atoms with E-state index in [-0.39, 0.29) is 18.0 Å². The zero-order chi connectivity index (χ0) is 19.6. The summed E-state index contributed by atoms with van der Waals surface area (Å²) in [7, 11) is -3.84. The molecule has 142 valence electrons. The Bertz CT molecular complexity index is 972. The summed E-state index contributed by atoms with van der Waals surface area (Å²) in [6.45, 7) is 2.01. The Labute approximate surface area is 171 Å². The van der Waals surface area contributed by atoms with Gasteiger partial charge in [0, 0.05) is 16.0 Å². The van der Waals surface area contributed by atoms with Crippen LogP contribution < -0.4 is 0 Å².